The van der Waals surface area contributed by atoms with Crippen molar-refractivity contribution in [2.45, 2.75) is 0 Å². The third-order valence-corrected chi connectivity index (χ3v) is 2.26. The van der Waals surface area contributed by atoms with E-state index in [1.54, 1.807) is 24.4 Å². The molecule has 0 aliphatic carbocycles. The van der Waals surface area contributed by atoms with Crippen LogP contribution in [0.3, 0.4) is 0 Å². The molecule has 0 saturated carbocycles. The highest BCUT2D eigenvalue weighted by Crippen LogP contribution is 2.28. The lowest BCUT2D eigenvalue weighted by Crippen LogP contribution is -1.86. The molecule has 0 atom stereocenters. The van der Waals surface area contributed by atoms with E-state index in [1.807, 2.05) is 0 Å². The molecule has 3 N–H and O–H groups in total. The summed E-state index contributed by atoms with van der Waals surface area (Å²) in [5, 5.41) is 7.75. The lowest BCUT2D eigenvalue weighted by atomic mass is 10.1. The summed E-state index contributed by atoms with van der Waals surface area (Å²) in [6.45, 7) is 0. The van der Waals surface area contributed by atoms with Gasteiger partial charge in [-0.05, 0) is 18.2 Å². The number of hydrogen-bond donors (Lipinski definition) is 2. The molecule has 0 aliphatic heterocycles. The van der Waals surface area contributed by atoms with Gasteiger partial charge in [-0.1, -0.05) is 23.2 Å². The van der Waals surface area contributed by atoms with E-state index in [0.717, 1.165) is 11.3 Å². The van der Waals surface area contributed by atoms with Crippen LogP contribution < -0.4 is 5.73 Å². The van der Waals surface area contributed by atoms with Gasteiger partial charge in [0, 0.05) is 15.6 Å². The summed E-state index contributed by atoms with van der Waals surface area (Å²) in [4.78, 5) is 0. The molecule has 0 radical (unpaired) electrons. The van der Waals surface area contributed by atoms with Crippen molar-refractivity contribution in [2.75, 3.05) is 5.73 Å². The standard InChI is InChI=1S/C9H7Cl2N3/c10-6-1-5(2-7(11)3-6)9-8(12)4-13-14-9/h1-4H,12H2,(H,13,14). The maximum absolute atomic E-state index is 5.86. The molecule has 1 heterocycles. The third-order valence-electron chi connectivity index (χ3n) is 1.82. The molecular formula is C9H7Cl2N3. The third kappa shape index (κ3) is 1.69. The predicted molar refractivity (Wildman–Crippen MR) is 58.5 cm³/mol. The Morgan fingerprint density at radius 1 is 1.14 bits per heavy atom. The summed E-state index contributed by atoms with van der Waals surface area (Å²) < 4.78 is 0. The molecular weight excluding hydrogens is 221 g/mol. The summed E-state index contributed by atoms with van der Waals surface area (Å²) in [6.07, 6.45) is 1.55. The van der Waals surface area contributed by atoms with Crippen molar-refractivity contribution in [1.29, 1.82) is 0 Å². The van der Waals surface area contributed by atoms with E-state index in [-0.39, 0.29) is 0 Å². The minimum atomic E-state index is 0.571. The largest absolute Gasteiger partial charge is 0.396 e. The monoisotopic (exact) mass is 227 g/mol. The minimum absolute atomic E-state index is 0.571. The molecule has 1 aromatic heterocycles. The number of nitrogens with two attached hydrogens (primary N) is 1. The van der Waals surface area contributed by atoms with Gasteiger partial charge in [-0.3, -0.25) is 5.10 Å². The average molecular weight is 228 g/mol. The number of anilines is 1. The number of aromatic amines is 1. The van der Waals surface area contributed by atoms with Crippen LogP contribution in [0.4, 0.5) is 5.69 Å². The van der Waals surface area contributed by atoms with E-state index in [4.69, 9.17) is 28.9 Å². The van der Waals surface area contributed by atoms with Crippen LogP contribution in [-0.2, 0) is 0 Å². The van der Waals surface area contributed by atoms with Crippen LogP contribution in [0.1, 0.15) is 0 Å². The van der Waals surface area contributed by atoms with E-state index in [9.17, 15) is 0 Å². The van der Waals surface area contributed by atoms with Gasteiger partial charge in [0.1, 0.15) is 0 Å². The fraction of sp³-hybridized carbons (Fsp3) is 0. The van der Waals surface area contributed by atoms with Gasteiger partial charge < -0.3 is 5.73 Å². The molecule has 0 unspecified atom stereocenters. The molecule has 14 heavy (non-hydrogen) atoms. The van der Waals surface area contributed by atoms with E-state index in [2.05, 4.69) is 10.2 Å². The van der Waals surface area contributed by atoms with Crippen molar-refractivity contribution in [3.05, 3.63) is 34.4 Å². The molecule has 0 bridgehead atoms. The van der Waals surface area contributed by atoms with Gasteiger partial charge in [0.25, 0.3) is 0 Å². The second-order valence-corrected chi connectivity index (χ2v) is 3.73. The zero-order valence-corrected chi connectivity index (χ0v) is 8.60. The number of nitrogen functional groups attached to an aromatic ring is 1. The lowest BCUT2D eigenvalue weighted by molar-refractivity contribution is 1.10. The Bertz CT molecular complexity index is 445. The highest BCUT2D eigenvalue weighted by Gasteiger charge is 2.06. The molecule has 3 nitrogen and oxygen atoms in total. The van der Waals surface area contributed by atoms with Gasteiger partial charge in [0.2, 0.25) is 0 Å². The maximum atomic E-state index is 5.86. The van der Waals surface area contributed by atoms with Gasteiger partial charge in [-0.25, -0.2) is 0 Å². The van der Waals surface area contributed by atoms with Gasteiger partial charge in [0.05, 0.1) is 17.6 Å². The molecule has 72 valence electrons. The van der Waals surface area contributed by atoms with E-state index >= 15 is 0 Å². The van der Waals surface area contributed by atoms with Crippen LogP contribution in [0.15, 0.2) is 24.4 Å². The Morgan fingerprint density at radius 2 is 1.79 bits per heavy atom. The molecule has 1 aromatic carbocycles. The van der Waals surface area contributed by atoms with Crippen molar-refractivity contribution >= 4 is 28.9 Å². The highest BCUT2D eigenvalue weighted by atomic mass is 35.5. The number of hydrogen-bond acceptors (Lipinski definition) is 2. The summed E-state index contributed by atoms with van der Waals surface area (Å²) >= 11 is 11.7. The first-order chi connectivity index (χ1) is 6.66. The maximum Gasteiger partial charge on any atom is 0.0881 e. The number of halogens is 2. The average Bonchev–Trinajstić information content (AvgIpc) is 2.49. The van der Waals surface area contributed by atoms with Crippen LogP contribution in [0.25, 0.3) is 11.3 Å². The second kappa shape index (κ2) is 3.52. The summed E-state index contributed by atoms with van der Waals surface area (Å²) in [5.74, 6) is 0. The van der Waals surface area contributed by atoms with Crippen molar-refractivity contribution < 1.29 is 0 Å². The number of rotatable bonds is 1. The number of aromatic nitrogens is 2. The molecule has 5 heteroatoms. The molecule has 0 amide bonds. The zero-order chi connectivity index (χ0) is 10.1. The number of nitrogens with one attached hydrogen (secondary N) is 1. The Labute approximate surface area is 90.8 Å². The van der Waals surface area contributed by atoms with Gasteiger partial charge in [0.15, 0.2) is 0 Å². The van der Waals surface area contributed by atoms with Crippen LogP contribution >= 0.6 is 23.2 Å². The number of benzene rings is 1. The minimum Gasteiger partial charge on any atom is -0.396 e. The Hall–Kier alpha value is -1.19. The predicted octanol–water partition coefficient (Wildman–Crippen LogP) is 2.97. The fourth-order valence-corrected chi connectivity index (χ4v) is 1.75. The first-order valence-corrected chi connectivity index (χ1v) is 4.68. The smallest absolute Gasteiger partial charge is 0.0881 e. The molecule has 2 rings (SSSR count). The fourth-order valence-electron chi connectivity index (χ4n) is 1.22. The number of H-pyrrole nitrogens is 1. The van der Waals surface area contributed by atoms with Crippen LogP contribution in [0, 0.1) is 0 Å². The first-order valence-electron chi connectivity index (χ1n) is 3.92. The van der Waals surface area contributed by atoms with Crippen molar-refractivity contribution in [3.8, 4) is 11.3 Å². The SMILES string of the molecule is Nc1cn[nH]c1-c1cc(Cl)cc(Cl)c1. The van der Waals surface area contributed by atoms with Gasteiger partial charge in [-0.15, -0.1) is 0 Å². The van der Waals surface area contributed by atoms with Gasteiger partial charge >= 0.3 is 0 Å². The first kappa shape index (κ1) is 9.37. The Kier molecular flexibility index (Phi) is 2.35. The quantitative estimate of drug-likeness (QED) is 0.788. The molecule has 0 fully saturated rings. The molecule has 2 aromatic rings. The molecule has 0 spiro atoms. The van der Waals surface area contributed by atoms with Gasteiger partial charge in [-0.2, -0.15) is 5.10 Å². The van der Waals surface area contributed by atoms with Crippen molar-refractivity contribution in [1.82, 2.24) is 10.2 Å². The summed E-state index contributed by atoms with van der Waals surface area (Å²) in [5.41, 5.74) is 7.83. The highest BCUT2D eigenvalue weighted by molar-refractivity contribution is 6.35. The molecule has 0 aliphatic rings. The van der Waals surface area contributed by atoms with Crippen molar-refractivity contribution in [3.63, 3.8) is 0 Å². The van der Waals surface area contributed by atoms with E-state index < -0.39 is 0 Å². The summed E-state index contributed by atoms with van der Waals surface area (Å²) in [7, 11) is 0. The Morgan fingerprint density at radius 3 is 2.29 bits per heavy atom. The second-order valence-electron chi connectivity index (χ2n) is 2.86. The van der Waals surface area contributed by atoms with Crippen LogP contribution in [0.2, 0.25) is 10.0 Å². The van der Waals surface area contributed by atoms with Crippen LogP contribution in [-0.4, -0.2) is 10.2 Å². The lowest BCUT2D eigenvalue weighted by Gasteiger charge is -2.01. The van der Waals surface area contributed by atoms with E-state index in [1.165, 1.54) is 0 Å². The zero-order valence-electron chi connectivity index (χ0n) is 7.09. The number of nitrogens with zero attached hydrogens (tertiary/aromatic N) is 1. The topological polar surface area (TPSA) is 54.7 Å². The van der Waals surface area contributed by atoms with Crippen LogP contribution in [0.5, 0.6) is 0 Å². The van der Waals surface area contributed by atoms with Crippen molar-refractivity contribution in [2.24, 2.45) is 0 Å². The molecule has 0 saturated heterocycles. The summed E-state index contributed by atoms with van der Waals surface area (Å²) in [6, 6.07) is 5.22. The Balaban J connectivity index is 2.57. The van der Waals surface area contributed by atoms with E-state index in [0.29, 0.717) is 15.7 Å². The normalized spacial score (nSPS) is 10.4.